The Morgan fingerprint density at radius 1 is 1.25 bits per heavy atom. The number of aliphatic hydroxyl groups excluding tert-OH is 1. The number of benzene rings is 1. The quantitative estimate of drug-likeness (QED) is 0.442. The van der Waals surface area contributed by atoms with Crippen molar-refractivity contribution in [1.82, 2.24) is 15.3 Å². The molecule has 1 aromatic carbocycles. The third kappa shape index (κ3) is 5.78. The lowest BCUT2D eigenvalue weighted by Crippen LogP contribution is -2.34. The molecule has 2 aliphatic rings. The molecule has 1 aromatic heterocycles. The maximum atomic E-state index is 12.8. The molecule has 2 aromatic rings. The molecule has 10 heteroatoms. The molecular weight excluding hydrogens is 418 g/mol. The van der Waals surface area contributed by atoms with Crippen LogP contribution < -0.4 is 14.8 Å². The van der Waals surface area contributed by atoms with E-state index < -0.39 is 6.29 Å². The van der Waals surface area contributed by atoms with Gasteiger partial charge < -0.3 is 39.1 Å². The van der Waals surface area contributed by atoms with Crippen molar-refractivity contribution in [2.45, 2.75) is 25.0 Å². The van der Waals surface area contributed by atoms with Gasteiger partial charge in [-0.05, 0) is 23.8 Å². The summed E-state index contributed by atoms with van der Waals surface area (Å²) in [5.74, 6) is 1.19. The van der Waals surface area contributed by atoms with Gasteiger partial charge in [0.2, 0.25) is 13.1 Å². The third-order valence-electron chi connectivity index (χ3n) is 5.11. The van der Waals surface area contributed by atoms with Gasteiger partial charge in [-0.25, -0.2) is 4.98 Å². The number of hydrogen-bond donors (Lipinski definition) is 3. The second-order valence-electron chi connectivity index (χ2n) is 7.32. The lowest BCUT2D eigenvalue weighted by Gasteiger charge is -2.29. The van der Waals surface area contributed by atoms with Crippen molar-refractivity contribution in [2.75, 3.05) is 39.8 Å². The van der Waals surface area contributed by atoms with Gasteiger partial charge in [-0.1, -0.05) is 6.07 Å². The summed E-state index contributed by atoms with van der Waals surface area (Å²) in [6, 6.07) is 5.74. The average molecular weight is 445 g/mol. The first-order valence-electron chi connectivity index (χ1n) is 10.6. The fraction of sp³-hybridized carbons (Fsp3) is 0.455. The minimum absolute atomic E-state index is 0.0439. The molecular formula is C22H27N3O7. The molecule has 0 bridgehead atoms. The van der Waals surface area contributed by atoms with Crippen LogP contribution >= 0.6 is 0 Å². The molecule has 3 heterocycles. The summed E-state index contributed by atoms with van der Waals surface area (Å²) >= 11 is 0. The highest BCUT2D eigenvalue weighted by Crippen LogP contribution is 2.38. The molecule has 4 rings (SSSR count). The summed E-state index contributed by atoms with van der Waals surface area (Å²) in [6.07, 6.45) is 5.69. The second-order valence-corrected chi connectivity index (χ2v) is 7.32. The second kappa shape index (κ2) is 11.0. The van der Waals surface area contributed by atoms with Crippen molar-refractivity contribution in [3.8, 4) is 11.5 Å². The summed E-state index contributed by atoms with van der Waals surface area (Å²) in [5, 5.41) is 11.7. The lowest BCUT2D eigenvalue weighted by atomic mass is 9.92. The smallest absolute Gasteiger partial charge is 0.286 e. The number of nitrogens with one attached hydrogen (secondary N) is 2. The van der Waals surface area contributed by atoms with Crippen LogP contribution in [0.4, 0.5) is 0 Å². The van der Waals surface area contributed by atoms with Gasteiger partial charge >= 0.3 is 0 Å². The maximum Gasteiger partial charge on any atom is 0.286 e. The van der Waals surface area contributed by atoms with Crippen molar-refractivity contribution in [2.24, 2.45) is 0 Å². The van der Waals surface area contributed by atoms with Crippen molar-refractivity contribution < 1.29 is 33.6 Å². The van der Waals surface area contributed by atoms with Gasteiger partial charge in [0.25, 0.3) is 5.91 Å². The van der Waals surface area contributed by atoms with Gasteiger partial charge in [-0.15, -0.1) is 0 Å². The minimum Gasteiger partial charge on any atom is -0.459 e. The maximum absolute atomic E-state index is 12.8. The number of nitrogens with zero attached hydrogens (tertiary/aromatic N) is 1. The lowest BCUT2D eigenvalue weighted by molar-refractivity contribution is -0.151. The number of H-pyrrole nitrogens is 1. The highest BCUT2D eigenvalue weighted by molar-refractivity contribution is 5.91. The van der Waals surface area contributed by atoms with E-state index in [1.54, 1.807) is 12.5 Å². The van der Waals surface area contributed by atoms with E-state index in [1.165, 1.54) is 0 Å². The van der Waals surface area contributed by atoms with Crippen LogP contribution in [0.15, 0.2) is 42.6 Å². The Kier molecular flexibility index (Phi) is 7.59. The van der Waals surface area contributed by atoms with Gasteiger partial charge in [0.15, 0.2) is 17.3 Å². The van der Waals surface area contributed by atoms with Crippen LogP contribution in [0.2, 0.25) is 0 Å². The fourth-order valence-electron chi connectivity index (χ4n) is 3.52. The minimum atomic E-state index is -0.610. The van der Waals surface area contributed by atoms with Crippen LogP contribution in [-0.2, 0) is 25.4 Å². The molecule has 10 nitrogen and oxygen atoms in total. The molecule has 0 saturated carbocycles. The number of ether oxygens (including phenoxy) is 5. The summed E-state index contributed by atoms with van der Waals surface area (Å²) in [7, 11) is 0. The molecule has 32 heavy (non-hydrogen) atoms. The number of carbonyl (C=O) groups is 1. The first-order chi connectivity index (χ1) is 15.7. The predicted molar refractivity (Wildman–Crippen MR) is 112 cm³/mol. The largest absolute Gasteiger partial charge is 0.459 e. The number of carbonyl (C=O) groups excluding carboxylic acids is 1. The summed E-state index contributed by atoms with van der Waals surface area (Å²) < 4.78 is 27.8. The van der Waals surface area contributed by atoms with E-state index in [0.717, 1.165) is 11.3 Å². The van der Waals surface area contributed by atoms with Crippen molar-refractivity contribution >= 4 is 5.91 Å². The summed E-state index contributed by atoms with van der Waals surface area (Å²) in [6.45, 7) is 1.46. The Balaban J connectivity index is 1.41. The molecule has 0 aliphatic carbocycles. The number of aromatic amines is 1. The Hall–Kier alpha value is -3.08. The number of aliphatic hydroxyl groups is 1. The topological polar surface area (TPSA) is 124 Å². The van der Waals surface area contributed by atoms with E-state index >= 15 is 0 Å². The number of fused-ring (bicyclic) bond motifs is 1. The fourth-order valence-corrected chi connectivity index (χ4v) is 3.52. The Bertz CT molecular complexity index is 916. The van der Waals surface area contributed by atoms with E-state index in [1.807, 2.05) is 24.3 Å². The van der Waals surface area contributed by atoms with E-state index in [9.17, 15) is 4.79 Å². The van der Waals surface area contributed by atoms with E-state index in [2.05, 4.69) is 15.3 Å². The normalized spacial score (nSPS) is 19.3. The first-order valence-corrected chi connectivity index (χ1v) is 10.6. The molecule has 0 unspecified atom stereocenters. The van der Waals surface area contributed by atoms with Crippen molar-refractivity contribution in [3.05, 3.63) is 53.8 Å². The molecule has 3 N–H and O–H groups in total. The van der Waals surface area contributed by atoms with Crippen LogP contribution in [0.5, 0.6) is 11.5 Å². The highest BCUT2D eigenvalue weighted by atomic mass is 16.7. The molecule has 1 amide bonds. The van der Waals surface area contributed by atoms with Gasteiger partial charge in [0, 0.05) is 37.2 Å². The Morgan fingerprint density at radius 3 is 3.00 bits per heavy atom. The summed E-state index contributed by atoms with van der Waals surface area (Å²) in [4.78, 5) is 19.7. The number of allylic oxidation sites excluding steroid dienone is 1. The van der Waals surface area contributed by atoms with Crippen LogP contribution in [0.3, 0.4) is 0 Å². The number of hydrogen-bond acceptors (Lipinski definition) is 8. The number of rotatable bonds is 11. The zero-order chi connectivity index (χ0) is 22.2. The van der Waals surface area contributed by atoms with Gasteiger partial charge in [0.05, 0.1) is 32.8 Å². The van der Waals surface area contributed by atoms with Crippen LogP contribution in [0.25, 0.3) is 0 Å². The van der Waals surface area contributed by atoms with Gasteiger partial charge in [0.1, 0.15) is 0 Å². The number of imidazole rings is 1. The predicted octanol–water partition coefficient (Wildman–Crippen LogP) is 1.24. The number of amides is 1. The van der Waals surface area contributed by atoms with E-state index in [0.29, 0.717) is 37.5 Å². The first kappa shape index (κ1) is 22.1. The van der Waals surface area contributed by atoms with Gasteiger partial charge in [-0.2, -0.15) is 0 Å². The van der Waals surface area contributed by atoms with E-state index in [-0.39, 0.29) is 44.2 Å². The average Bonchev–Trinajstić information content (AvgIpc) is 3.50. The molecule has 2 aliphatic heterocycles. The monoisotopic (exact) mass is 445 g/mol. The van der Waals surface area contributed by atoms with Crippen LogP contribution in [0, 0.1) is 0 Å². The molecule has 0 radical (unpaired) electrons. The van der Waals surface area contributed by atoms with Crippen molar-refractivity contribution in [3.63, 3.8) is 0 Å². The zero-order valence-corrected chi connectivity index (χ0v) is 17.6. The highest BCUT2D eigenvalue weighted by Gasteiger charge is 2.29. The Morgan fingerprint density at radius 2 is 2.16 bits per heavy atom. The standard InChI is InChI=1S/C22H27N3O7/c26-5-6-28-7-8-29-21-11-16(15-1-2-18-19(9-15)31-14-30-18)10-20(32-21)22(27)24-4-3-17-12-23-13-25-17/h1-2,9-10,12-13,16,21,26H,3-8,11,14H2,(H,23,25)(H,24,27)/t16-,21+/m0/s1. The van der Waals surface area contributed by atoms with Gasteiger partial charge in [-0.3, -0.25) is 4.79 Å². The Labute approximate surface area is 185 Å². The molecule has 0 saturated heterocycles. The molecule has 2 atom stereocenters. The summed E-state index contributed by atoms with van der Waals surface area (Å²) in [5.41, 5.74) is 1.91. The third-order valence-corrected chi connectivity index (χ3v) is 5.11. The SMILES string of the molecule is O=C(NCCc1cnc[nH]1)C1=C[C@H](c2ccc3c(c2)OCO3)C[C@H](OCCOCCO)O1. The molecule has 0 spiro atoms. The van der Waals surface area contributed by atoms with Crippen LogP contribution in [0.1, 0.15) is 23.6 Å². The zero-order valence-electron chi connectivity index (χ0n) is 17.6. The van der Waals surface area contributed by atoms with E-state index in [4.69, 9.17) is 28.8 Å². The van der Waals surface area contributed by atoms with Crippen LogP contribution in [-0.4, -0.2) is 67.0 Å². The van der Waals surface area contributed by atoms with Crippen molar-refractivity contribution in [1.29, 1.82) is 0 Å². The molecule has 0 fully saturated rings. The molecule has 172 valence electrons. The number of aromatic nitrogens is 2.